The Morgan fingerprint density at radius 3 is 2.89 bits per heavy atom. The van der Waals surface area contributed by atoms with Crippen molar-refractivity contribution in [2.75, 3.05) is 12.4 Å². The maximum absolute atomic E-state index is 11.8. The van der Waals surface area contributed by atoms with Gasteiger partial charge in [-0.1, -0.05) is 6.92 Å². The zero-order valence-corrected chi connectivity index (χ0v) is 10.5. The monoisotopic (exact) mass is 263 g/mol. The standard InChI is InChI=1S/C11H13N5O3/c1-3-6-4-7(9(17)8(5-6)19-2)12-11(18)10-13-15-16-14-10/h4-5,17H,3H2,1-2H3,(H,12,18)(H,13,14,15,16). The van der Waals surface area contributed by atoms with Crippen molar-refractivity contribution in [1.82, 2.24) is 20.6 Å². The molecule has 0 saturated heterocycles. The topological polar surface area (TPSA) is 113 Å². The van der Waals surface area contributed by atoms with Crippen LogP contribution in [0.25, 0.3) is 0 Å². The van der Waals surface area contributed by atoms with Crippen LogP contribution in [0.1, 0.15) is 23.1 Å². The second kappa shape index (κ2) is 5.34. The summed E-state index contributed by atoms with van der Waals surface area (Å²) in [5.74, 6) is -0.529. The van der Waals surface area contributed by atoms with Gasteiger partial charge in [0.15, 0.2) is 11.5 Å². The summed E-state index contributed by atoms with van der Waals surface area (Å²) < 4.78 is 5.05. The number of tetrazole rings is 1. The number of carbonyl (C=O) groups excluding carboxylic acids is 1. The van der Waals surface area contributed by atoms with E-state index in [2.05, 4.69) is 25.9 Å². The molecule has 100 valence electrons. The number of aromatic hydroxyl groups is 1. The molecule has 0 aliphatic rings. The second-order valence-electron chi connectivity index (χ2n) is 3.74. The van der Waals surface area contributed by atoms with Gasteiger partial charge in [0.05, 0.1) is 12.8 Å². The van der Waals surface area contributed by atoms with Gasteiger partial charge in [-0.25, -0.2) is 0 Å². The Hall–Kier alpha value is -2.64. The summed E-state index contributed by atoms with van der Waals surface area (Å²) in [5.41, 5.74) is 1.16. The van der Waals surface area contributed by atoms with Gasteiger partial charge in [-0.05, 0) is 29.3 Å². The number of phenolic OH excluding ortho intramolecular Hbond substituents is 1. The van der Waals surface area contributed by atoms with Crippen molar-refractivity contribution >= 4 is 11.6 Å². The van der Waals surface area contributed by atoms with Crippen LogP contribution in [-0.4, -0.2) is 38.7 Å². The minimum atomic E-state index is -0.570. The average Bonchev–Trinajstić information content (AvgIpc) is 2.95. The molecule has 8 nitrogen and oxygen atoms in total. The number of benzene rings is 1. The molecule has 0 fully saturated rings. The highest BCUT2D eigenvalue weighted by molar-refractivity contribution is 6.02. The number of aryl methyl sites for hydroxylation is 1. The SMILES string of the molecule is CCc1cc(NC(=O)c2nn[nH]n2)c(O)c(OC)c1. The summed E-state index contributed by atoms with van der Waals surface area (Å²) in [6.07, 6.45) is 0.738. The number of rotatable bonds is 4. The number of carbonyl (C=O) groups is 1. The maximum Gasteiger partial charge on any atom is 0.297 e. The number of aromatic nitrogens is 4. The number of phenols is 1. The van der Waals surface area contributed by atoms with Crippen molar-refractivity contribution in [3.05, 3.63) is 23.5 Å². The summed E-state index contributed by atoms with van der Waals surface area (Å²) in [6, 6.07) is 3.37. The van der Waals surface area contributed by atoms with Crippen LogP contribution < -0.4 is 10.1 Å². The molecule has 2 rings (SSSR count). The minimum absolute atomic E-state index is 0.111. The van der Waals surface area contributed by atoms with Crippen molar-refractivity contribution < 1.29 is 14.6 Å². The lowest BCUT2D eigenvalue weighted by Crippen LogP contribution is -2.14. The van der Waals surface area contributed by atoms with Crippen LogP contribution in [-0.2, 0) is 6.42 Å². The van der Waals surface area contributed by atoms with Crippen LogP contribution in [0.2, 0.25) is 0 Å². The number of ether oxygens (including phenoxy) is 1. The van der Waals surface area contributed by atoms with Crippen molar-refractivity contribution in [2.45, 2.75) is 13.3 Å². The molecule has 8 heteroatoms. The van der Waals surface area contributed by atoms with Gasteiger partial charge in [0.25, 0.3) is 11.7 Å². The molecule has 0 aliphatic heterocycles. The number of aromatic amines is 1. The fraction of sp³-hybridized carbons (Fsp3) is 0.273. The molecule has 0 saturated carbocycles. The van der Waals surface area contributed by atoms with Crippen molar-refractivity contribution in [3.8, 4) is 11.5 Å². The second-order valence-corrected chi connectivity index (χ2v) is 3.74. The van der Waals surface area contributed by atoms with Gasteiger partial charge in [0, 0.05) is 0 Å². The predicted molar refractivity (Wildman–Crippen MR) is 66.2 cm³/mol. The molecule has 0 aliphatic carbocycles. The van der Waals surface area contributed by atoms with E-state index < -0.39 is 5.91 Å². The Morgan fingerprint density at radius 1 is 1.53 bits per heavy atom. The molecule has 0 unspecified atom stereocenters. The molecule has 3 N–H and O–H groups in total. The van der Waals surface area contributed by atoms with Crippen LogP contribution >= 0.6 is 0 Å². The number of amides is 1. The van der Waals surface area contributed by atoms with Crippen LogP contribution in [0, 0.1) is 0 Å². The number of hydrogen-bond acceptors (Lipinski definition) is 6. The van der Waals surface area contributed by atoms with Gasteiger partial charge >= 0.3 is 0 Å². The first-order chi connectivity index (χ1) is 9.15. The molecule has 1 amide bonds. The Labute approximate surface area is 108 Å². The Bertz CT molecular complexity index is 582. The minimum Gasteiger partial charge on any atom is -0.503 e. The van der Waals surface area contributed by atoms with E-state index in [1.54, 1.807) is 12.1 Å². The lowest BCUT2D eigenvalue weighted by Gasteiger charge is -2.11. The molecule has 1 heterocycles. The van der Waals surface area contributed by atoms with Crippen molar-refractivity contribution in [1.29, 1.82) is 0 Å². The first kappa shape index (κ1) is 12.8. The number of H-pyrrole nitrogens is 1. The first-order valence-electron chi connectivity index (χ1n) is 5.60. The highest BCUT2D eigenvalue weighted by Gasteiger charge is 2.16. The van der Waals surface area contributed by atoms with Gasteiger partial charge in [-0.2, -0.15) is 5.21 Å². The number of hydrogen-bond donors (Lipinski definition) is 3. The molecule has 0 atom stereocenters. The van der Waals surface area contributed by atoms with E-state index in [1.807, 2.05) is 6.92 Å². The molecule has 1 aromatic heterocycles. The quantitative estimate of drug-likeness (QED) is 0.701. The zero-order valence-electron chi connectivity index (χ0n) is 10.5. The van der Waals surface area contributed by atoms with Crippen LogP contribution in [0.5, 0.6) is 11.5 Å². The van der Waals surface area contributed by atoms with Crippen molar-refractivity contribution in [2.24, 2.45) is 0 Å². The number of nitrogens with one attached hydrogen (secondary N) is 2. The summed E-state index contributed by atoms with van der Waals surface area (Å²) in [6.45, 7) is 1.95. The van der Waals surface area contributed by atoms with E-state index in [9.17, 15) is 9.90 Å². The van der Waals surface area contributed by atoms with E-state index in [0.29, 0.717) is 5.75 Å². The third-order valence-electron chi connectivity index (χ3n) is 2.56. The Kier molecular flexibility index (Phi) is 3.60. The molecule has 19 heavy (non-hydrogen) atoms. The van der Waals surface area contributed by atoms with E-state index in [1.165, 1.54) is 7.11 Å². The zero-order chi connectivity index (χ0) is 13.8. The lowest BCUT2D eigenvalue weighted by molar-refractivity contribution is 0.101. The molecule has 1 aromatic carbocycles. The molecule has 0 spiro atoms. The molecular weight excluding hydrogens is 250 g/mol. The van der Waals surface area contributed by atoms with Crippen molar-refractivity contribution in [3.63, 3.8) is 0 Å². The summed E-state index contributed by atoms with van der Waals surface area (Å²) in [7, 11) is 1.44. The number of anilines is 1. The molecule has 0 radical (unpaired) electrons. The molecular formula is C11H13N5O3. The van der Waals surface area contributed by atoms with Crippen LogP contribution in [0.15, 0.2) is 12.1 Å². The normalized spacial score (nSPS) is 10.2. The fourth-order valence-corrected chi connectivity index (χ4v) is 1.56. The van der Waals surface area contributed by atoms with E-state index in [-0.39, 0.29) is 17.3 Å². The van der Waals surface area contributed by atoms with Crippen LogP contribution in [0.4, 0.5) is 5.69 Å². The van der Waals surface area contributed by atoms with Gasteiger partial charge in [-0.15, -0.1) is 10.2 Å². The Balaban J connectivity index is 2.31. The van der Waals surface area contributed by atoms with Gasteiger partial charge in [0.2, 0.25) is 0 Å². The van der Waals surface area contributed by atoms with Gasteiger partial charge < -0.3 is 15.2 Å². The smallest absolute Gasteiger partial charge is 0.297 e. The third kappa shape index (κ3) is 2.62. The summed E-state index contributed by atoms with van der Waals surface area (Å²) in [4.78, 5) is 11.8. The first-order valence-corrected chi connectivity index (χ1v) is 5.60. The van der Waals surface area contributed by atoms with E-state index >= 15 is 0 Å². The van der Waals surface area contributed by atoms with Crippen LogP contribution in [0.3, 0.4) is 0 Å². The maximum atomic E-state index is 11.8. The van der Waals surface area contributed by atoms with Gasteiger partial charge in [0.1, 0.15) is 0 Å². The molecule has 2 aromatic rings. The Morgan fingerprint density at radius 2 is 2.32 bits per heavy atom. The average molecular weight is 263 g/mol. The summed E-state index contributed by atoms with van der Waals surface area (Å²) in [5, 5.41) is 25.0. The number of nitrogens with zero attached hydrogens (tertiary/aromatic N) is 3. The highest BCUT2D eigenvalue weighted by Crippen LogP contribution is 2.35. The summed E-state index contributed by atoms with van der Waals surface area (Å²) >= 11 is 0. The predicted octanol–water partition coefficient (Wildman–Crippen LogP) is 0.729. The highest BCUT2D eigenvalue weighted by atomic mass is 16.5. The number of methoxy groups -OCH3 is 1. The van der Waals surface area contributed by atoms with Gasteiger partial charge in [-0.3, -0.25) is 4.79 Å². The van der Waals surface area contributed by atoms with E-state index in [0.717, 1.165) is 12.0 Å². The molecule has 0 bridgehead atoms. The lowest BCUT2D eigenvalue weighted by atomic mass is 10.1. The fourth-order valence-electron chi connectivity index (χ4n) is 1.56. The van der Waals surface area contributed by atoms with E-state index in [4.69, 9.17) is 4.74 Å². The largest absolute Gasteiger partial charge is 0.503 e. The third-order valence-corrected chi connectivity index (χ3v) is 2.56.